The van der Waals surface area contributed by atoms with E-state index in [9.17, 15) is 4.79 Å². The third kappa shape index (κ3) is 2.56. The maximum absolute atomic E-state index is 10.7. The standard InChI is InChI=1S/C10H17NO2/c1-3-5-11-6-4-9(10(12)13)7-8(11)2/h3,8-9H,1,4-7H2,2H3,(H,12,13). The van der Waals surface area contributed by atoms with Gasteiger partial charge in [0.1, 0.15) is 0 Å². The molecule has 13 heavy (non-hydrogen) atoms. The van der Waals surface area contributed by atoms with Crippen molar-refractivity contribution in [3.05, 3.63) is 12.7 Å². The van der Waals surface area contributed by atoms with Crippen molar-refractivity contribution in [1.82, 2.24) is 4.90 Å². The minimum absolute atomic E-state index is 0.143. The molecule has 1 rings (SSSR count). The molecule has 0 spiro atoms. The number of carbonyl (C=O) groups is 1. The van der Waals surface area contributed by atoms with Crippen LogP contribution >= 0.6 is 0 Å². The molecule has 0 amide bonds. The third-order valence-electron chi connectivity index (χ3n) is 2.73. The van der Waals surface area contributed by atoms with Crippen molar-refractivity contribution in [2.24, 2.45) is 5.92 Å². The first-order valence-electron chi connectivity index (χ1n) is 4.73. The molecule has 1 heterocycles. The second kappa shape index (κ2) is 4.42. The van der Waals surface area contributed by atoms with E-state index in [1.165, 1.54) is 0 Å². The van der Waals surface area contributed by atoms with Gasteiger partial charge in [-0.05, 0) is 26.3 Å². The van der Waals surface area contributed by atoms with Crippen molar-refractivity contribution in [2.75, 3.05) is 13.1 Å². The number of carboxylic acids is 1. The van der Waals surface area contributed by atoms with Crippen LogP contribution in [0.25, 0.3) is 0 Å². The van der Waals surface area contributed by atoms with Crippen molar-refractivity contribution >= 4 is 5.97 Å². The fraction of sp³-hybridized carbons (Fsp3) is 0.700. The van der Waals surface area contributed by atoms with Gasteiger partial charge >= 0.3 is 5.97 Å². The Morgan fingerprint density at radius 3 is 2.92 bits per heavy atom. The summed E-state index contributed by atoms with van der Waals surface area (Å²) in [5.74, 6) is -0.791. The molecule has 3 nitrogen and oxygen atoms in total. The average Bonchev–Trinajstić information content (AvgIpc) is 2.08. The first kappa shape index (κ1) is 10.3. The predicted octanol–water partition coefficient (Wildman–Crippen LogP) is 1.36. The van der Waals surface area contributed by atoms with Gasteiger partial charge in [0.05, 0.1) is 5.92 Å². The van der Waals surface area contributed by atoms with Crippen LogP contribution in [0.4, 0.5) is 0 Å². The fourth-order valence-corrected chi connectivity index (χ4v) is 1.88. The smallest absolute Gasteiger partial charge is 0.306 e. The molecule has 1 saturated heterocycles. The predicted molar refractivity (Wildman–Crippen MR) is 51.6 cm³/mol. The average molecular weight is 183 g/mol. The second-order valence-corrected chi connectivity index (χ2v) is 3.69. The minimum Gasteiger partial charge on any atom is -0.481 e. The van der Waals surface area contributed by atoms with Gasteiger partial charge in [0.25, 0.3) is 0 Å². The van der Waals surface area contributed by atoms with Gasteiger partial charge in [-0.2, -0.15) is 0 Å². The molecule has 2 unspecified atom stereocenters. The summed E-state index contributed by atoms with van der Waals surface area (Å²) >= 11 is 0. The summed E-state index contributed by atoms with van der Waals surface area (Å²) in [5, 5.41) is 8.83. The van der Waals surface area contributed by atoms with Crippen LogP contribution in [0.2, 0.25) is 0 Å². The van der Waals surface area contributed by atoms with E-state index < -0.39 is 5.97 Å². The van der Waals surface area contributed by atoms with E-state index >= 15 is 0 Å². The zero-order chi connectivity index (χ0) is 9.84. The summed E-state index contributed by atoms with van der Waals surface area (Å²) in [6.07, 6.45) is 3.41. The zero-order valence-corrected chi connectivity index (χ0v) is 8.07. The van der Waals surface area contributed by atoms with E-state index in [0.29, 0.717) is 6.04 Å². The Hall–Kier alpha value is -0.830. The second-order valence-electron chi connectivity index (χ2n) is 3.69. The summed E-state index contributed by atoms with van der Waals surface area (Å²) in [7, 11) is 0. The van der Waals surface area contributed by atoms with Gasteiger partial charge in [-0.15, -0.1) is 6.58 Å². The van der Waals surface area contributed by atoms with Gasteiger partial charge in [0.2, 0.25) is 0 Å². The molecule has 3 heteroatoms. The monoisotopic (exact) mass is 183 g/mol. The highest BCUT2D eigenvalue weighted by atomic mass is 16.4. The minimum atomic E-state index is -0.648. The molecule has 0 bridgehead atoms. The Morgan fingerprint density at radius 1 is 1.77 bits per heavy atom. The van der Waals surface area contributed by atoms with Gasteiger partial charge in [-0.25, -0.2) is 0 Å². The van der Waals surface area contributed by atoms with Crippen molar-refractivity contribution in [3.8, 4) is 0 Å². The number of nitrogens with zero attached hydrogens (tertiary/aromatic N) is 1. The number of hydrogen-bond donors (Lipinski definition) is 1. The van der Waals surface area contributed by atoms with Gasteiger partial charge in [-0.3, -0.25) is 9.69 Å². The van der Waals surface area contributed by atoms with E-state index in [2.05, 4.69) is 18.4 Å². The molecule has 0 radical (unpaired) electrons. The number of piperidine rings is 1. The van der Waals surface area contributed by atoms with Crippen molar-refractivity contribution in [3.63, 3.8) is 0 Å². The van der Waals surface area contributed by atoms with Crippen LogP contribution in [0.5, 0.6) is 0 Å². The summed E-state index contributed by atoms with van der Waals surface area (Å²) in [4.78, 5) is 13.0. The van der Waals surface area contributed by atoms with Crippen LogP contribution in [0, 0.1) is 5.92 Å². The Labute approximate surface area is 79.0 Å². The highest BCUT2D eigenvalue weighted by Gasteiger charge is 2.28. The summed E-state index contributed by atoms with van der Waals surface area (Å²) in [6.45, 7) is 7.51. The lowest BCUT2D eigenvalue weighted by molar-refractivity contribution is -0.143. The van der Waals surface area contributed by atoms with Crippen LogP contribution in [0.15, 0.2) is 12.7 Å². The van der Waals surface area contributed by atoms with Crippen molar-refractivity contribution in [2.45, 2.75) is 25.8 Å². The van der Waals surface area contributed by atoms with Crippen LogP contribution in [-0.2, 0) is 4.79 Å². The molecule has 2 atom stereocenters. The lowest BCUT2D eigenvalue weighted by Crippen LogP contribution is -2.42. The van der Waals surface area contributed by atoms with Gasteiger partial charge < -0.3 is 5.11 Å². The summed E-state index contributed by atoms with van der Waals surface area (Å²) < 4.78 is 0. The largest absolute Gasteiger partial charge is 0.481 e. The van der Waals surface area contributed by atoms with Gasteiger partial charge in [0, 0.05) is 12.6 Å². The SMILES string of the molecule is C=CCN1CCC(C(=O)O)CC1C. The molecule has 1 aliphatic rings. The molecule has 0 aromatic carbocycles. The normalized spacial score (nSPS) is 29.9. The lowest BCUT2D eigenvalue weighted by Gasteiger charge is -2.35. The third-order valence-corrected chi connectivity index (χ3v) is 2.73. The highest BCUT2D eigenvalue weighted by molar-refractivity contribution is 5.70. The maximum Gasteiger partial charge on any atom is 0.306 e. The molecule has 1 aliphatic heterocycles. The molecule has 0 aromatic heterocycles. The molecule has 1 fully saturated rings. The zero-order valence-electron chi connectivity index (χ0n) is 8.07. The van der Waals surface area contributed by atoms with Crippen LogP contribution in [0.3, 0.4) is 0 Å². The summed E-state index contributed by atoms with van der Waals surface area (Å²) in [5.41, 5.74) is 0. The first-order chi connectivity index (χ1) is 6.15. The summed E-state index contributed by atoms with van der Waals surface area (Å²) in [6, 6.07) is 0.368. The van der Waals surface area contributed by atoms with E-state index in [1.54, 1.807) is 0 Å². The number of rotatable bonds is 3. The Morgan fingerprint density at radius 2 is 2.46 bits per heavy atom. The Kier molecular flexibility index (Phi) is 3.48. The van der Waals surface area contributed by atoms with E-state index in [4.69, 9.17) is 5.11 Å². The van der Waals surface area contributed by atoms with Crippen LogP contribution in [-0.4, -0.2) is 35.1 Å². The lowest BCUT2D eigenvalue weighted by atomic mass is 9.92. The van der Waals surface area contributed by atoms with Crippen LogP contribution < -0.4 is 0 Å². The quantitative estimate of drug-likeness (QED) is 0.671. The van der Waals surface area contributed by atoms with E-state index in [1.807, 2.05) is 6.08 Å². The first-order valence-corrected chi connectivity index (χ1v) is 4.73. The topological polar surface area (TPSA) is 40.5 Å². The number of carboxylic acid groups (broad SMARTS) is 1. The molecule has 0 aliphatic carbocycles. The van der Waals surface area contributed by atoms with E-state index in [-0.39, 0.29) is 5.92 Å². The fourth-order valence-electron chi connectivity index (χ4n) is 1.88. The number of hydrogen-bond acceptors (Lipinski definition) is 2. The van der Waals surface area contributed by atoms with Gasteiger partial charge in [-0.1, -0.05) is 6.08 Å². The highest BCUT2D eigenvalue weighted by Crippen LogP contribution is 2.22. The van der Waals surface area contributed by atoms with Crippen LogP contribution in [0.1, 0.15) is 19.8 Å². The molecular formula is C10H17NO2. The Balaban J connectivity index is 2.46. The van der Waals surface area contributed by atoms with Gasteiger partial charge in [0.15, 0.2) is 0 Å². The van der Waals surface area contributed by atoms with Crippen molar-refractivity contribution in [1.29, 1.82) is 0 Å². The number of aliphatic carboxylic acids is 1. The van der Waals surface area contributed by atoms with Crippen molar-refractivity contribution < 1.29 is 9.90 Å². The number of likely N-dealkylation sites (tertiary alicyclic amines) is 1. The Bertz CT molecular complexity index is 203. The molecule has 74 valence electrons. The molecule has 0 saturated carbocycles. The molecular weight excluding hydrogens is 166 g/mol. The van der Waals surface area contributed by atoms with E-state index in [0.717, 1.165) is 25.9 Å². The molecule has 0 aromatic rings. The maximum atomic E-state index is 10.7. The molecule has 1 N–H and O–H groups in total.